The van der Waals surface area contributed by atoms with Crippen LogP contribution in [0.1, 0.15) is 0 Å². The van der Waals surface area contributed by atoms with Crippen molar-refractivity contribution in [2.45, 2.75) is 3.74 Å². The Morgan fingerprint density at radius 3 is 1.62 bits per heavy atom. The summed E-state index contributed by atoms with van der Waals surface area (Å²) in [5.74, 6) is 0. The first-order valence-corrected chi connectivity index (χ1v) is 4.99. The highest BCUT2D eigenvalue weighted by Crippen LogP contribution is 2.28. The number of halogens is 4. The Morgan fingerprint density at radius 1 is 1.25 bits per heavy atom. The summed E-state index contributed by atoms with van der Waals surface area (Å²) in [6, 6.07) is 0. The maximum absolute atomic E-state index is 8.68. The van der Waals surface area contributed by atoms with E-state index in [0.29, 0.717) is 4.48 Å². The molecule has 0 radical (unpaired) electrons. The van der Waals surface area contributed by atoms with Crippen molar-refractivity contribution in [1.82, 2.24) is 0 Å². The Labute approximate surface area is 81.0 Å². The quantitative estimate of drug-likeness (QED) is 0.550. The number of aliphatic hydroxyl groups is 1. The highest BCUT2D eigenvalue weighted by Gasteiger charge is 2.05. The van der Waals surface area contributed by atoms with Crippen molar-refractivity contribution in [3.05, 3.63) is 9.15 Å². The minimum absolute atomic E-state index is 0.0330. The summed E-state index contributed by atoms with van der Waals surface area (Å²) in [6.45, 7) is 0. The van der Waals surface area contributed by atoms with Crippen LogP contribution in [-0.2, 0) is 0 Å². The normalized spacial score (nSPS) is 14.1. The Morgan fingerprint density at radius 2 is 1.62 bits per heavy atom. The fourth-order valence-corrected chi connectivity index (χ4v) is 1.37. The molecule has 0 aliphatic rings. The zero-order chi connectivity index (χ0) is 6.73. The van der Waals surface area contributed by atoms with Crippen molar-refractivity contribution in [3.63, 3.8) is 0 Å². The van der Waals surface area contributed by atoms with E-state index in [-0.39, 0.29) is 8.40 Å². The summed E-state index contributed by atoms with van der Waals surface area (Å²) >= 11 is 12.3. The minimum atomic E-state index is -0.0330. The van der Waals surface area contributed by atoms with Gasteiger partial charge >= 0.3 is 0 Å². The molecule has 48 valence electrons. The molecular weight excluding hydrogens is 372 g/mol. The monoisotopic (exact) mass is 370 g/mol. The van der Waals surface area contributed by atoms with E-state index in [0.717, 1.165) is 0 Å². The first-order valence-electron chi connectivity index (χ1n) is 1.58. The third kappa shape index (κ3) is 3.48. The number of hydrogen-bond acceptors (Lipinski definition) is 1. The Kier molecular flexibility index (Phi) is 5.09. The zero-order valence-electron chi connectivity index (χ0n) is 3.54. The number of allylic oxidation sites excluding steroid dienone is 1. The van der Waals surface area contributed by atoms with Gasteiger partial charge in [0.2, 0.25) is 0 Å². The molecule has 0 aromatic carbocycles. The van der Waals surface area contributed by atoms with E-state index in [1.807, 2.05) is 0 Å². The van der Waals surface area contributed by atoms with Crippen LogP contribution in [0.2, 0.25) is 0 Å². The molecule has 0 aromatic rings. The third-order valence-electron chi connectivity index (χ3n) is 0.389. The van der Waals surface area contributed by atoms with Crippen LogP contribution in [0, 0.1) is 0 Å². The average Bonchev–Trinajstić information content (AvgIpc) is 1.64. The van der Waals surface area contributed by atoms with Crippen LogP contribution in [0.4, 0.5) is 0 Å². The fourth-order valence-electron chi connectivity index (χ4n) is 0.0900. The minimum Gasteiger partial charge on any atom is -0.501 e. The Hall–Kier alpha value is 1.46. The van der Waals surface area contributed by atoms with Gasteiger partial charge in [-0.25, -0.2) is 0 Å². The van der Waals surface area contributed by atoms with Gasteiger partial charge in [0, 0.05) is 0 Å². The number of rotatable bonds is 1. The molecule has 8 heavy (non-hydrogen) atoms. The molecule has 0 atom stereocenters. The van der Waals surface area contributed by atoms with Gasteiger partial charge in [0.25, 0.3) is 0 Å². The van der Waals surface area contributed by atoms with Gasteiger partial charge in [-0.3, -0.25) is 0 Å². The summed E-state index contributed by atoms with van der Waals surface area (Å²) in [5, 5.41) is 8.68. The van der Waals surface area contributed by atoms with Crippen molar-refractivity contribution >= 4 is 63.7 Å². The van der Waals surface area contributed by atoms with E-state index in [2.05, 4.69) is 63.7 Å². The van der Waals surface area contributed by atoms with Gasteiger partial charge in [-0.1, -0.05) is 31.9 Å². The Bertz CT molecular complexity index is 104. The Balaban J connectivity index is 4.00. The van der Waals surface area contributed by atoms with Crippen molar-refractivity contribution < 1.29 is 5.11 Å². The SMILES string of the molecule is O/C(Br)=C(/Br)C(Br)Br. The van der Waals surface area contributed by atoms with Crippen LogP contribution in [0.5, 0.6) is 0 Å². The number of alkyl halides is 2. The van der Waals surface area contributed by atoms with Gasteiger partial charge in [0.1, 0.15) is 3.74 Å². The van der Waals surface area contributed by atoms with Crippen LogP contribution < -0.4 is 0 Å². The standard InChI is InChI=1S/C3H2Br4O/c4-1(2(5)6)3(7)8/h2,8H/b3-1+. The molecule has 1 nitrogen and oxygen atoms in total. The molecule has 0 heterocycles. The lowest BCUT2D eigenvalue weighted by molar-refractivity contribution is 0.458. The summed E-state index contributed by atoms with van der Waals surface area (Å²) in [7, 11) is 0. The van der Waals surface area contributed by atoms with Crippen LogP contribution >= 0.6 is 63.7 Å². The first kappa shape index (κ1) is 9.46. The zero-order valence-corrected chi connectivity index (χ0v) is 9.88. The molecule has 0 saturated carbocycles. The molecule has 0 aromatic heterocycles. The largest absolute Gasteiger partial charge is 0.501 e. The second-order valence-corrected chi connectivity index (χ2v) is 5.61. The first-order chi connectivity index (χ1) is 3.55. The predicted molar refractivity (Wildman–Crippen MR) is 49.2 cm³/mol. The lowest BCUT2D eigenvalue weighted by Crippen LogP contribution is -1.84. The van der Waals surface area contributed by atoms with Gasteiger partial charge < -0.3 is 5.11 Å². The summed E-state index contributed by atoms with van der Waals surface area (Å²) < 4.78 is 0.697. The molecule has 1 N–H and O–H groups in total. The van der Waals surface area contributed by atoms with E-state index < -0.39 is 0 Å². The molecular formula is C3H2Br4O. The number of hydrogen-bond donors (Lipinski definition) is 1. The maximum atomic E-state index is 8.68. The van der Waals surface area contributed by atoms with Crippen molar-refractivity contribution in [3.8, 4) is 0 Å². The second kappa shape index (κ2) is 4.30. The molecule has 0 saturated heterocycles. The van der Waals surface area contributed by atoms with Crippen molar-refractivity contribution in [2.24, 2.45) is 0 Å². The third-order valence-corrected chi connectivity index (χ3v) is 4.33. The molecule has 0 spiro atoms. The van der Waals surface area contributed by atoms with E-state index in [9.17, 15) is 0 Å². The van der Waals surface area contributed by atoms with Gasteiger partial charge in [0.05, 0.1) is 4.48 Å². The molecule has 0 bridgehead atoms. The predicted octanol–water partition coefficient (Wildman–Crippen LogP) is 3.62. The van der Waals surface area contributed by atoms with Gasteiger partial charge in [-0.15, -0.1) is 0 Å². The summed E-state index contributed by atoms with van der Waals surface area (Å²) in [6.07, 6.45) is 0. The van der Waals surface area contributed by atoms with Crippen molar-refractivity contribution in [2.75, 3.05) is 0 Å². The topological polar surface area (TPSA) is 20.2 Å². The van der Waals surface area contributed by atoms with E-state index in [1.54, 1.807) is 0 Å². The average molecular weight is 374 g/mol. The lowest BCUT2D eigenvalue weighted by Gasteiger charge is -1.97. The van der Waals surface area contributed by atoms with Crippen LogP contribution in [0.15, 0.2) is 9.15 Å². The molecule has 0 aliphatic carbocycles. The number of aliphatic hydroxyl groups excluding tert-OH is 1. The van der Waals surface area contributed by atoms with E-state index >= 15 is 0 Å². The van der Waals surface area contributed by atoms with Crippen LogP contribution in [0.3, 0.4) is 0 Å². The highest BCUT2D eigenvalue weighted by molar-refractivity contribution is 9.26. The molecule has 0 unspecified atom stereocenters. The van der Waals surface area contributed by atoms with E-state index in [1.165, 1.54) is 0 Å². The van der Waals surface area contributed by atoms with Crippen LogP contribution in [0.25, 0.3) is 0 Å². The van der Waals surface area contributed by atoms with Gasteiger partial charge in [-0.2, -0.15) is 0 Å². The molecule has 0 fully saturated rings. The summed E-state index contributed by atoms with van der Waals surface area (Å²) in [4.78, 5) is 0. The van der Waals surface area contributed by atoms with Gasteiger partial charge in [0.15, 0.2) is 4.67 Å². The smallest absolute Gasteiger partial charge is 0.171 e. The lowest BCUT2D eigenvalue weighted by atomic mass is 10.7. The highest BCUT2D eigenvalue weighted by atomic mass is 79.9. The van der Waals surface area contributed by atoms with Crippen molar-refractivity contribution in [1.29, 1.82) is 0 Å². The second-order valence-electron chi connectivity index (χ2n) is 0.939. The molecule has 5 heteroatoms. The molecule has 0 rings (SSSR count). The summed E-state index contributed by atoms with van der Waals surface area (Å²) in [5.41, 5.74) is 0. The molecule has 0 aliphatic heterocycles. The van der Waals surface area contributed by atoms with E-state index in [4.69, 9.17) is 5.11 Å². The fraction of sp³-hybridized carbons (Fsp3) is 0.333. The van der Waals surface area contributed by atoms with Gasteiger partial charge in [-0.05, 0) is 31.9 Å². The molecule has 0 amide bonds. The maximum Gasteiger partial charge on any atom is 0.171 e. The van der Waals surface area contributed by atoms with Crippen LogP contribution in [-0.4, -0.2) is 8.84 Å².